The molecule has 0 saturated carbocycles. The van der Waals surface area contributed by atoms with Gasteiger partial charge in [0.05, 0.1) is 17.1 Å². The normalized spacial score (nSPS) is 16.1. The monoisotopic (exact) mass is 630 g/mol. The SMILES string of the molecule is CC(=O)N(Cc1ccc2c(c1)nc(NC(=O)c1ccc(Cl)cc1)n2CC1CCCN1C(=O)C(C#N)=CC(C)C)[C@@H](C)C(C)(C)C. The van der Waals surface area contributed by atoms with Crippen molar-refractivity contribution in [2.24, 2.45) is 11.3 Å². The van der Waals surface area contributed by atoms with Crippen molar-refractivity contribution in [1.29, 1.82) is 5.26 Å². The van der Waals surface area contributed by atoms with Crippen LogP contribution in [0.25, 0.3) is 11.0 Å². The van der Waals surface area contributed by atoms with Crippen LogP contribution < -0.4 is 5.32 Å². The zero-order chi connectivity index (χ0) is 33.1. The standard InChI is InChI=1S/C35H43ClN6O3/c1-22(2)17-27(19-37)33(45)40-16-8-9-29(40)21-42-31-15-10-25(20-41(24(4)43)23(3)35(5,6)7)18-30(31)38-34(42)39-32(44)26-11-13-28(36)14-12-26/h10-15,17-18,22-23,29H,8-9,16,20-21H2,1-7H3,(H,38,39,44)/t23-,29?/m0/s1. The van der Waals surface area contributed by atoms with Crippen molar-refractivity contribution in [3.63, 3.8) is 0 Å². The van der Waals surface area contributed by atoms with Crippen LogP contribution in [-0.4, -0.2) is 55.7 Å². The molecule has 1 unspecified atom stereocenters. The highest BCUT2D eigenvalue weighted by molar-refractivity contribution is 6.30. The molecule has 3 aromatic rings. The van der Waals surface area contributed by atoms with E-state index in [1.165, 1.54) is 0 Å². The smallest absolute Gasteiger partial charge is 0.264 e. The topological polar surface area (TPSA) is 111 Å². The highest BCUT2D eigenvalue weighted by Crippen LogP contribution is 2.29. The van der Waals surface area contributed by atoms with Crippen molar-refractivity contribution in [1.82, 2.24) is 19.4 Å². The first-order chi connectivity index (χ1) is 21.2. The molecule has 1 saturated heterocycles. The summed E-state index contributed by atoms with van der Waals surface area (Å²) in [6.45, 7) is 15.2. The minimum Gasteiger partial charge on any atom is -0.335 e. The van der Waals surface area contributed by atoms with Gasteiger partial charge in [-0.1, -0.05) is 58.4 Å². The lowest BCUT2D eigenvalue weighted by Gasteiger charge is -2.37. The Balaban J connectivity index is 1.72. The number of likely N-dealkylation sites (tertiary alicyclic amines) is 1. The predicted molar refractivity (Wildman–Crippen MR) is 178 cm³/mol. The third-order valence-corrected chi connectivity index (χ3v) is 8.76. The maximum atomic E-state index is 13.4. The van der Waals surface area contributed by atoms with Gasteiger partial charge in [-0.05, 0) is 73.1 Å². The van der Waals surface area contributed by atoms with Crippen molar-refractivity contribution in [3.05, 3.63) is 70.3 Å². The molecule has 1 N–H and O–H groups in total. The van der Waals surface area contributed by atoms with E-state index in [9.17, 15) is 19.6 Å². The number of nitriles is 1. The number of hydrogen-bond acceptors (Lipinski definition) is 5. The number of halogens is 1. The molecule has 10 heteroatoms. The van der Waals surface area contributed by atoms with Crippen LogP contribution in [0.15, 0.2) is 54.1 Å². The fraction of sp³-hybridized carbons (Fsp3) is 0.457. The van der Waals surface area contributed by atoms with Gasteiger partial charge in [0.2, 0.25) is 11.9 Å². The molecule has 2 atom stereocenters. The number of nitrogens with one attached hydrogen (secondary N) is 1. The van der Waals surface area contributed by atoms with E-state index in [0.29, 0.717) is 41.7 Å². The third kappa shape index (κ3) is 7.93. The molecule has 45 heavy (non-hydrogen) atoms. The van der Waals surface area contributed by atoms with Crippen molar-refractivity contribution in [2.75, 3.05) is 11.9 Å². The first kappa shape index (κ1) is 33.7. The molecule has 9 nitrogen and oxygen atoms in total. The average molecular weight is 631 g/mol. The Morgan fingerprint density at radius 2 is 1.84 bits per heavy atom. The number of imidazole rings is 1. The summed E-state index contributed by atoms with van der Waals surface area (Å²) in [5, 5.41) is 13.2. The quantitative estimate of drug-likeness (QED) is 0.206. The van der Waals surface area contributed by atoms with Crippen LogP contribution in [0, 0.1) is 22.7 Å². The molecule has 4 rings (SSSR count). The minimum atomic E-state index is -0.337. The molecule has 2 aromatic carbocycles. The van der Waals surface area contributed by atoms with Crippen LogP contribution >= 0.6 is 11.6 Å². The lowest BCUT2D eigenvalue weighted by atomic mass is 9.86. The number of nitrogens with zero attached hydrogens (tertiary/aromatic N) is 5. The number of aromatic nitrogens is 2. The molecular formula is C35H43ClN6O3. The summed E-state index contributed by atoms with van der Waals surface area (Å²) in [5.41, 5.74) is 2.86. The van der Waals surface area contributed by atoms with E-state index >= 15 is 0 Å². The molecule has 238 valence electrons. The molecule has 1 aromatic heterocycles. The van der Waals surface area contributed by atoms with Gasteiger partial charge in [-0.2, -0.15) is 5.26 Å². The van der Waals surface area contributed by atoms with E-state index in [1.807, 2.05) is 41.5 Å². The number of rotatable bonds is 9. The van der Waals surface area contributed by atoms with Gasteiger partial charge in [-0.3, -0.25) is 19.7 Å². The predicted octanol–water partition coefficient (Wildman–Crippen LogP) is 6.82. The van der Waals surface area contributed by atoms with E-state index in [4.69, 9.17) is 16.6 Å². The fourth-order valence-corrected chi connectivity index (χ4v) is 5.79. The van der Waals surface area contributed by atoms with Crippen molar-refractivity contribution in [3.8, 4) is 6.07 Å². The van der Waals surface area contributed by atoms with E-state index in [0.717, 1.165) is 23.9 Å². The lowest BCUT2D eigenvalue weighted by molar-refractivity contribution is -0.133. The second-order valence-corrected chi connectivity index (χ2v) is 13.7. The van der Waals surface area contributed by atoms with Crippen molar-refractivity contribution < 1.29 is 14.4 Å². The Morgan fingerprint density at radius 3 is 2.44 bits per heavy atom. The zero-order valence-electron chi connectivity index (χ0n) is 27.2. The van der Waals surface area contributed by atoms with Crippen LogP contribution in [0.1, 0.15) is 77.2 Å². The van der Waals surface area contributed by atoms with E-state index in [-0.39, 0.29) is 46.7 Å². The number of amides is 3. The number of hydrogen-bond donors (Lipinski definition) is 1. The summed E-state index contributed by atoms with van der Waals surface area (Å²) < 4.78 is 1.93. The number of benzene rings is 2. The third-order valence-electron chi connectivity index (χ3n) is 8.50. The van der Waals surface area contributed by atoms with Gasteiger partial charge >= 0.3 is 0 Å². The van der Waals surface area contributed by atoms with Gasteiger partial charge in [-0.25, -0.2) is 4.98 Å². The summed E-state index contributed by atoms with van der Waals surface area (Å²) in [6.07, 6.45) is 3.27. The Labute approximate surface area is 270 Å². The average Bonchev–Trinajstić information content (AvgIpc) is 3.57. The molecule has 1 aliphatic rings. The summed E-state index contributed by atoms with van der Waals surface area (Å²) in [4.78, 5) is 47.8. The summed E-state index contributed by atoms with van der Waals surface area (Å²) in [5.74, 6) is -0.198. The number of fused-ring (bicyclic) bond motifs is 1. The van der Waals surface area contributed by atoms with Gasteiger partial charge in [0.15, 0.2) is 0 Å². The first-order valence-electron chi connectivity index (χ1n) is 15.5. The fourth-order valence-electron chi connectivity index (χ4n) is 5.66. The molecule has 1 aliphatic heterocycles. The maximum Gasteiger partial charge on any atom is 0.264 e. The Bertz CT molecular complexity index is 1640. The molecular weight excluding hydrogens is 588 g/mol. The molecule has 0 spiro atoms. The van der Waals surface area contributed by atoms with E-state index in [2.05, 4.69) is 39.1 Å². The number of carbonyl (C=O) groups is 3. The summed E-state index contributed by atoms with van der Waals surface area (Å²) in [6, 6.07) is 14.4. The molecule has 0 bridgehead atoms. The summed E-state index contributed by atoms with van der Waals surface area (Å²) in [7, 11) is 0. The molecule has 0 aliphatic carbocycles. The zero-order valence-corrected chi connectivity index (χ0v) is 28.0. The van der Waals surface area contributed by atoms with Gasteiger partial charge < -0.3 is 14.4 Å². The number of carbonyl (C=O) groups excluding carboxylic acids is 3. The van der Waals surface area contributed by atoms with Crippen molar-refractivity contribution in [2.45, 2.75) is 86.5 Å². The lowest BCUT2D eigenvalue weighted by Crippen LogP contribution is -2.44. The molecule has 0 radical (unpaired) electrons. The van der Waals surface area contributed by atoms with E-state index in [1.54, 1.807) is 42.2 Å². The van der Waals surface area contributed by atoms with Crippen LogP contribution in [0.5, 0.6) is 0 Å². The molecule has 3 amide bonds. The van der Waals surface area contributed by atoms with Crippen LogP contribution in [0.4, 0.5) is 5.95 Å². The highest BCUT2D eigenvalue weighted by Gasteiger charge is 2.33. The largest absolute Gasteiger partial charge is 0.335 e. The highest BCUT2D eigenvalue weighted by atomic mass is 35.5. The molecule has 1 fully saturated rings. The van der Waals surface area contributed by atoms with Crippen LogP contribution in [0.3, 0.4) is 0 Å². The molecule has 2 heterocycles. The van der Waals surface area contributed by atoms with Gasteiger partial charge in [0.1, 0.15) is 11.6 Å². The van der Waals surface area contributed by atoms with Crippen LogP contribution in [-0.2, 0) is 22.7 Å². The van der Waals surface area contributed by atoms with Gasteiger partial charge in [0, 0.05) is 43.2 Å². The Hall–Kier alpha value is -4.16. The maximum absolute atomic E-state index is 13.4. The second-order valence-electron chi connectivity index (χ2n) is 13.2. The van der Waals surface area contributed by atoms with Crippen molar-refractivity contribution >= 4 is 46.3 Å². The van der Waals surface area contributed by atoms with Gasteiger partial charge in [0.25, 0.3) is 11.8 Å². The first-order valence-corrected chi connectivity index (χ1v) is 15.8. The van der Waals surface area contributed by atoms with Gasteiger partial charge in [-0.15, -0.1) is 0 Å². The van der Waals surface area contributed by atoms with E-state index < -0.39 is 0 Å². The Morgan fingerprint density at radius 1 is 1.16 bits per heavy atom. The second kappa shape index (κ2) is 13.9. The van der Waals surface area contributed by atoms with Crippen LogP contribution in [0.2, 0.25) is 5.02 Å². The minimum absolute atomic E-state index is 0.00594. The number of allylic oxidation sites excluding steroid dienone is 1. The summed E-state index contributed by atoms with van der Waals surface area (Å²) >= 11 is 6.04. The number of anilines is 1. The Kier molecular flexibility index (Phi) is 10.4.